The molecule has 3 aliphatic rings. The van der Waals surface area contributed by atoms with Gasteiger partial charge in [-0.3, -0.25) is 14.4 Å². The first-order chi connectivity index (χ1) is 23.4. The van der Waals surface area contributed by atoms with Gasteiger partial charge >= 0.3 is 0 Å². The molecule has 11 heteroatoms. The number of hydrogen-bond acceptors (Lipinski definition) is 6. The lowest BCUT2D eigenvalue weighted by Gasteiger charge is -2.27. The van der Waals surface area contributed by atoms with Crippen molar-refractivity contribution in [2.45, 2.75) is 77.1 Å². The summed E-state index contributed by atoms with van der Waals surface area (Å²) in [6.07, 6.45) is 7.39. The van der Waals surface area contributed by atoms with Crippen molar-refractivity contribution in [2.24, 2.45) is 0 Å². The van der Waals surface area contributed by atoms with Crippen molar-refractivity contribution in [3.63, 3.8) is 0 Å². The fourth-order valence-corrected chi connectivity index (χ4v) is 7.89. The molecule has 48 heavy (non-hydrogen) atoms. The molecule has 3 aliphatic heterocycles. The van der Waals surface area contributed by atoms with Crippen LogP contribution in [0.1, 0.15) is 81.7 Å². The first-order valence-electron chi connectivity index (χ1n) is 17.0. The van der Waals surface area contributed by atoms with Crippen LogP contribution in [-0.4, -0.2) is 67.1 Å². The number of imidazole rings is 2. The molecule has 2 saturated heterocycles. The normalized spacial score (nSPS) is 20.2. The van der Waals surface area contributed by atoms with E-state index in [4.69, 9.17) is 9.72 Å². The summed E-state index contributed by atoms with van der Waals surface area (Å²) in [7, 11) is 0. The molecule has 2 fully saturated rings. The Labute approximate surface area is 278 Å². The molecule has 5 heterocycles. The number of aromatic amines is 2. The van der Waals surface area contributed by atoms with Gasteiger partial charge in [0.15, 0.2) is 0 Å². The van der Waals surface area contributed by atoms with Crippen LogP contribution in [-0.2, 0) is 21.0 Å². The Morgan fingerprint density at radius 1 is 1.02 bits per heavy atom. The van der Waals surface area contributed by atoms with Crippen molar-refractivity contribution in [1.82, 2.24) is 35.1 Å². The molecule has 11 nitrogen and oxygen atoms in total. The summed E-state index contributed by atoms with van der Waals surface area (Å²) in [5, 5.41) is 4.63. The van der Waals surface area contributed by atoms with Crippen molar-refractivity contribution >= 4 is 40.0 Å². The van der Waals surface area contributed by atoms with Gasteiger partial charge in [-0.2, -0.15) is 0 Å². The number of aromatic nitrogens is 4. The minimum absolute atomic E-state index is 0.0127. The van der Waals surface area contributed by atoms with Gasteiger partial charge in [0.1, 0.15) is 24.0 Å². The lowest BCUT2D eigenvalue weighted by atomic mass is 9.92. The summed E-state index contributed by atoms with van der Waals surface area (Å²) in [5.74, 6) is 2.53. The number of carbonyl (C=O) groups excluding carboxylic acids is 3. The highest BCUT2D eigenvalue weighted by molar-refractivity contribution is 6.07. The standard InChI is InChI=1S/C37H39N7O4/c1-3-5-33(46)43-13-4-6-30(43)37-40-28-11-9-22-15-27-25-10-8-23(14-24(25)19-48-32(27)16-26(22)35(28)42-37)29-17-39-36(41-29)31-12-7-21(2)44(31)34(47)18-38-20-45/h8-11,14-17,20-21,30-31H,3-7,12-13,18-19H2,1-2H3,(H,38,45)(H,39,41)(H,40,42)/t21-,30-,31?/m0/s1. The van der Waals surface area contributed by atoms with Crippen LogP contribution in [0.5, 0.6) is 5.75 Å². The molecule has 3 N–H and O–H groups in total. The van der Waals surface area contributed by atoms with Crippen LogP contribution in [0.4, 0.5) is 0 Å². The zero-order chi connectivity index (χ0) is 32.9. The minimum Gasteiger partial charge on any atom is -0.488 e. The summed E-state index contributed by atoms with van der Waals surface area (Å²) in [5.41, 5.74) is 7.00. The van der Waals surface area contributed by atoms with E-state index in [9.17, 15) is 14.4 Å². The number of nitrogens with zero attached hydrogens (tertiary/aromatic N) is 4. The number of hydrogen-bond donors (Lipinski definition) is 3. The number of fused-ring (bicyclic) bond motifs is 6. The average Bonchev–Trinajstić information content (AvgIpc) is 3.92. The maximum absolute atomic E-state index is 12.8. The second kappa shape index (κ2) is 12.1. The lowest BCUT2D eigenvalue weighted by molar-refractivity contribution is -0.134. The molecule has 3 amide bonds. The molecule has 0 bridgehead atoms. The van der Waals surface area contributed by atoms with E-state index in [0.29, 0.717) is 19.4 Å². The maximum Gasteiger partial charge on any atom is 0.242 e. The SMILES string of the molecule is CCCC(=O)N1CCC[C@H]1c1nc2ccc3cc4c(cc3c2[nH]1)OCc1cc(-c2cnc(C3CC[C@H](C)N3C(=O)CNC=O)[nH]2)ccc1-4. The Hall–Kier alpha value is -5.19. The van der Waals surface area contributed by atoms with Gasteiger partial charge in [0, 0.05) is 30.0 Å². The minimum atomic E-state index is -0.158. The van der Waals surface area contributed by atoms with E-state index >= 15 is 0 Å². The van der Waals surface area contributed by atoms with E-state index in [2.05, 4.69) is 62.7 Å². The fourth-order valence-electron chi connectivity index (χ4n) is 7.89. The molecule has 0 saturated carbocycles. The van der Waals surface area contributed by atoms with Gasteiger partial charge in [-0.25, -0.2) is 9.97 Å². The molecule has 3 aromatic carbocycles. The fraction of sp³-hybridized carbons (Fsp3) is 0.378. The summed E-state index contributed by atoms with van der Waals surface area (Å²) >= 11 is 0. The van der Waals surface area contributed by atoms with Crippen LogP contribution in [0, 0.1) is 0 Å². The number of nitrogens with one attached hydrogen (secondary N) is 3. The van der Waals surface area contributed by atoms with E-state index in [1.807, 2.05) is 29.8 Å². The van der Waals surface area contributed by atoms with Gasteiger partial charge in [-0.15, -0.1) is 0 Å². The number of benzene rings is 3. The molecular formula is C37H39N7O4. The molecule has 246 valence electrons. The van der Waals surface area contributed by atoms with Crippen molar-refractivity contribution < 1.29 is 19.1 Å². The third kappa shape index (κ3) is 5.08. The molecule has 0 radical (unpaired) electrons. The molecule has 0 spiro atoms. The monoisotopic (exact) mass is 645 g/mol. The van der Waals surface area contributed by atoms with Gasteiger partial charge in [0.25, 0.3) is 0 Å². The third-order valence-electron chi connectivity index (χ3n) is 10.2. The smallest absolute Gasteiger partial charge is 0.242 e. The lowest BCUT2D eigenvalue weighted by Crippen LogP contribution is -2.41. The molecule has 3 atom stereocenters. The van der Waals surface area contributed by atoms with Crippen molar-refractivity contribution in [3.05, 3.63) is 65.9 Å². The predicted molar refractivity (Wildman–Crippen MR) is 182 cm³/mol. The average molecular weight is 646 g/mol. The van der Waals surface area contributed by atoms with Gasteiger partial charge < -0.3 is 29.8 Å². The number of amides is 3. The predicted octanol–water partition coefficient (Wildman–Crippen LogP) is 5.93. The van der Waals surface area contributed by atoms with Crippen LogP contribution in [0.15, 0.2) is 48.7 Å². The van der Waals surface area contributed by atoms with E-state index in [1.54, 1.807) is 0 Å². The summed E-state index contributed by atoms with van der Waals surface area (Å²) < 4.78 is 6.36. The number of likely N-dealkylation sites (tertiary alicyclic amines) is 2. The second-order valence-electron chi connectivity index (χ2n) is 13.2. The molecule has 5 aromatic rings. The van der Waals surface area contributed by atoms with Crippen molar-refractivity contribution in [2.75, 3.05) is 13.1 Å². The number of H-pyrrole nitrogens is 2. The topological polar surface area (TPSA) is 136 Å². The summed E-state index contributed by atoms with van der Waals surface area (Å²) in [6.45, 7) is 5.28. The number of rotatable bonds is 8. The van der Waals surface area contributed by atoms with E-state index in [1.165, 1.54) is 0 Å². The quantitative estimate of drug-likeness (QED) is 0.179. The first-order valence-corrected chi connectivity index (χ1v) is 17.0. The number of ether oxygens (including phenoxy) is 1. The van der Waals surface area contributed by atoms with Crippen molar-refractivity contribution in [1.29, 1.82) is 0 Å². The Bertz CT molecular complexity index is 2070. The van der Waals surface area contributed by atoms with E-state index in [0.717, 1.165) is 106 Å². The highest BCUT2D eigenvalue weighted by Crippen LogP contribution is 2.43. The Kier molecular flexibility index (Phi) is 7.61. The molecule has 2 aromatic heterocycles. The zero-order valence-electron chi connectivity index (χ0n) is 27.2. The van der Waals surface area contributed by atoms with Gasteiger partial charge in [0.2, 0.25) is 18.2 Å². The largest absolute Gasteiger partial charge is 0.488 e. The molecular weight excluding hydrogens is 606 g/mol. The summed E-state index contributed by atoms with van der Waals surface area (Å²) in [4.78, 5) is 56.9. The van der Waals surface area contributed by atoms with Crippen LogP contribution < -0.4 is 10.1 Å². The highest BCUT2D eigenvalue weighted by Gasteiger charge is 2.37. The Balaban J connectivity index is 1.07. The van der Waals surface area contributed by atoms with Gasteiger partial charge in [-0.05, 0) is 85.4 Å². The van der Waals surface area contributed by atoms with E-state index in [-0.39, 0.29) is 36.5 Å². The Morgan fingerprint density at radius 3 is 2.77 bits per heavy atom. The van der Waals surface area contributed by atoms with Crippen molar-refractivity contribution in [3.8, 4) is 28.1 Å². The van der Waals surface area contributed by atoms with Gasteiger partial charge in [0.05, 0.1) is 41.6 Å². The van der Waals surface area contributed by atoms with Crippen LogP contribution in [0.25, 0.3) is 44.2 Å². The molecule has 1 unspecified atom stereocenters. The highest BCUT2D eigenvalue weighted by atomic mass is 16.5. The van der Waals surface area contributed by atoms with Crippen LogP contribution in [0.3, 0.4) is 0 Å². The van der Waals surface area contributed by atoms with Crippen LogP contribution >= 0.6 is 0 Å². The first kappa shape index (κ1) is 30.2. The van der Waals surface area contributed by atoms with E-state index < -0.39 is 0 Å². The Morgan fingerprint density at radius 2 is 1.92 bits per heavy atom. The van der Waals surface area contributed by atoms with Crippen LogP contribution in [0.2, 0.25) is 0 Å². The maximum atomic E-state index is 12.8. The number of carbonyl (C=O) groups is 3. The van der Waals surface area contributed by atoms with Gasteiger partial charge in [-0.1, -0.05) is 25.1 Å². The third-order valence-corrected chi connectivity index (χ3v) is 10.2. The molecule has 0 aliphatic carbocycles. The summed E-state index contributed by atoms with van der Waals surface area (Å²) in [6, 6.07) is 14.8. The second-order valence-corrected chi connectivity index (χ2v) is 13.2. The molecule has 8 rings (SSSR count). The zero-order valence-corrected chi connectivity index (χ0v) is 27.2.